The van der Waals surface area contributed by atoms with Gasteiger partial charge < -0.3 is 10.1 Å². The lowest BCUT2D eigenvalue weighted by atomic mass is 9.95. The zero-order valence-corrected chi connectivity index (χ0v) is 15.8. The Morgan fingerprint density at radius 2 is 1.85 bits per heavy atom. The zero-order chi connectivity index (χ0) is 19.1. The summed E-state index contributed by atoms with van der Waals surface area (Å²) in [6.07, 6.45) is 1.71. The molecule has 0 atom stereocenters. The normalized spacial score (nSPS) is 15.5. The summed E-state index contributed by atoms with van der Waals surface area (Å²) >= 11 is 0. The summed E-state index contributed by atoms with van der Waals surface area (Å²) < 4.78 is 18.7. The number of hydrogen-bond acceptors (Lipinski definition) is 3. The number of hydrogen-bond donors (Lipinski definition) is 1. The van der Waals surface area contributed by atoms with Gasteiger partial charge in [-0.1, -0.05) is 30.3 Å². The summed E-state index contributed by atoms with van der Waals surface area (Å²) in [4.78, 5) is 14.7. The minimum atomic E-state index is -0.208. The van der Waals surface area contributed by atoms with Gasteiger partial charge in [-0.2, -0.15) is 0 Å². The Labute approximate surface area is 160 Å². The number of para-hydroxylation sites is 1. The van der Waals surface area contributed by atoms with Crippen LogP contribution in [-0.4, -0.2) is 37.0 Å². The number of ether oxygens (including phenoxy) is 1. The van der Waals surface area contributed by atoms with Gasteiger partial charge in [0.2, 0.25) is 5.91 Å². The first kappa shape index (κ1) is 19.4. The van der Waals surface area contributed by atoms with Crippen LogP contribution in [0.5, 0.6) is 5.75 Å². The number of aryl methyl sites for hydroxylation is 1. The third-order valence-corrected chi connectivity index (χ3v) is 5.03. The van der Waals surface area contributed by atoms with Gasteiger partial charge in [-0.05, 0) is 62.2 Å². The fraction of sp³-hybridized carbons (Fsp3) is 0.409. The van der Waals surface area contributed by atoms with E-state index in [1.165, 1.54) is 12.1 Å². The molecule has 5 heteroatoms. The molecule has 144 valence electrons. The molecule has 0 saturated carbocycles. The Morgan fingerprint density at radius 1 is 1.15 bits per heavy atom. The topological polar surface area (TPSA) is 41.6 Å². The van der Waals surface area contributed by atoms with Crippen molar-refractivity contribution in [3.8, 4) is 5.75 Å². The van der Waals surface area contributed by atoms with Gasteiger partial charge in [0.25, 0.3) is 0 Å². The van der Waals surface area contributed by atoms with Crippen LogP contribution in [0.15, 0.2) is 48.5 Å². The van der Waals surface area contributed by atoms with E-state index in [1.807, 2.05) is 43.3 Å². The molecule has 27 heavy (non-hydrogen) atoms. The highest BCUT2D eigenvalue weighted by Gasteiger charge is 2.24. The van der Waals surface area contributed by atoms with E-state index in [-0.39, 0.29) is 17.6 Å². The minimum Gasteiger partial charge on any atom is -0.491 e. The predicted molar refractivity (Wildman–Crippen MR) is 104 cm³/mol. The highest BCUT2D eigenvalue weighted by Crippen LogP contribution is 2.19. The van der Waals surface area contributed by atoms with Crippen LogP contribution in [0.25, 0.3) is 0 Å². The predicted octanol–water partition coefficient (Wildman–Crippen LogP) is 3.54. The molecule has 0 unspecified atom stereocenters. The van der Waals surface area contributed by atoms with Crippen LogP contribution in [0.4, 0.5) is 4.39 Å². The lowest BCUT2D eigenvalue weighted by Gasteiger charge is -2.31. The zero-order valence-electron chi connectivity index (χ0n) is 15.8. The molecule has 1 fully saturated rings. The molecule has 1 N–H and O–H groups in total. The van der Waals surface area contributed by atoms with E-state index in [9.17, 15) is 9.18 Å². The maximum absolute atomic E-state index is 13.0. The molecular weight excluding hydrogens is 343 g/mol. The number of carbonyl (C=O) groups excluding carboxylic acids is 1. The molecule has 0 spiro atoms. The average Bonchev–Trinajstić information content (AvgIpc) is 2.69. The number of nitrogens with zero attached hydrogens (tertiary/aromatic N) is 1. The van der Waals surface area contributed by atoms with Crippen molar-refractivity contribution in [1.29, 1.82) is 0 Å². The van der Waals surface area contributed by atoms with E-state index in [0.717, 1.165) is 49.4 Å². The third-order valence-electron chi connectivity index (χ3n) is 5.03. The Morgan fingerprint density at radius 3 is 2.56 bits per heavy atom. The van der Waals surface area contributed by atoms with E-state index in [0.29, 0.717) is 13.2 Å². The summed E-state index contributed by atoms with van der Waals surface area (Å²) in [5, 5.41) is 2.99. The quantitative estimate of drug-likeness (QED) is 0.758. The van der Waals surface area contributed by atoms with Gasteiger partial charge in [-0.15, -0.1) is 0 Å². The Kier molecular flexibility index (Phi) is 6.82. The van der Waals surface area contributed by atoms with Gasteiger partial charge in [0, 0.05) is 12.5 Å². The van der Waals surface area contributed by atoms with Crippen molar-refractivity contribution in [1.82, 2.24) is 10.2 Å². The van der Waals surface area contributed by atoms with Crippen molar-refractivity contribution in [3.05, 3.63) is 65.5 Å². The number of carbonyl (C=O) groups is 1. The molecule has 1 amide bonds. The van der Waals surface area contributed by atoms with Crippen molar-refractivity contribution in [2.45, 2.75) is 26.3 Å². The second-order valence-electron chi connectivity index (χ2n) is 7.08. The van der Waals surface area contributed by atoms with Crippen LogP contribution in [0.2, 0.25) is 0 Å². The Bertz CT molecular complexity index is 740. The monoisotopic (exact) mass is 370 g/mol. The van der Waals surface area contributed by atoms with Gasteiger partial charge in [-0.3, -0.25) is 9.69 Å². The first-order chi connectivity index (χ1) is 13.1. The van der Waals surface area contributed by atoms with Crippen LogP contribution in [0.1, 0.15) is 24.0 Å². The fourth-order valence-corrected chi connectivity index (χ4v) is 3.40. The van der Waals surface area contributed by atoms with Crippen LogP contribution in [0, 0.1) is 18.7 Å². The molecule has 0 radical (unpaired) electrons. The van der Waals surface area contributed by atoms with Crippen molar-refractivity contribution in [3.63, 3.8) is 0 Å². The largest absolute Gasteiger partial charge is 0.491 e. The van der Waals surface area contributed by atoms with Crippen molar-refractivity contribution >= 4 is 5.91 Å². The molecule has 1 aliphatic rings. The summed E-state index contributed by atoms with van der Waals surface area (Å²) in [6.45, 7) is 5.57. The molecular formula is C22H27FN2O2. The molecule has 2 aromatic carbocycles. The molecule has 3 rings (SSSR count). The lowest BCUT2D eigenvalue weighted by Crippen LogP contribution is -2.41. The standard InChI is InChI=1S/C22H27FN2O2/c1-17-4-2-3-5-21(17)27-15-12-24-22(26)19-10-13-25(14-11-19)16-18-6-8-20(23)9-7-18/h2-9,19H,10-16H2,1H3,(H,24,26). The summed E-state index contributed by atoms with van der Waals surface area (Å²) in [5.74, 6) is 0.833. The van der Waals surface area contributed by atoms with E-state index in [2.05, 4.69) is 10.2 Å². The van der Waals surface area contributed by atoms with Gasteiger partial charge in [0.1, 0.15) is 18.2 Å². The molecule has 2 aromatic rings. The molecule has 1 heterocycles. The molecule has 0 aliphatic carbocycles. The van der Waals surface area contributed by atoms with E-state index in [1.54, 1.807) is 0 Å². The van der Waals surface area contributed by atoms with Crippen LogP contribution >= 0.6 is 0 Å². The number of piperidine rings is 1. The number of rotatable bonds is 7. The van der Waals surface area contributed by atoms with Gasteiger partial charge in [0.15, 0.2) is 0 Å². The number of halogens is 1. The van der Waals surface area contributed by atoms with Crippen molar-refractivity contribution < 1.29 is 13.9 Å². The summed E-state index contributed by atoms with van der Waals surface area (Å²) in [6, 6.07) is 14.5. The molecule has 1 saturated heterocycles. The highest BCUT2D eigenvalue weighted by molar-refractivity contribution is 5.78. The number of likely N-dealkylation sites (tertiary alicyclic amines) is 1. The fourth-order valence-electron chi connectivity index (χ4n) is 3.40. The second-order valence-corrected chi connectivity index (χ2v) is 7.08. The Hall–Kier alpha value is -2.40. The van der Waals surface area contributed by atoms with Crippen molar-refractivity contribution in [2.24, 2.45) is 5.92 Å². The van der Waals surface area contributed by atoms with Crippen LogP contribution < -0.4 is 10.1 Å². The van der Waals surface area contributed by atoms with Gasteiger partial charge in [0.05, 0.1) is 6.54 Å². The van der Waals surface area contributed by atoms with Crippen LogP contribution in [-0.2, 0) is 11.3 Å². The highest BCUT2D eigenvalue weighted by atomic mass is 19.1. The smallest absolute Gasteiger partial charge is 0.223 e. The number of amides is 1. The molecule has 4 nitrogen and oxygen atoms in total. The Balaban J connectivity index is 1.34. The molecule has 0 aromatic heterocycles. The van der Waals surface area contributed by atoms with Crippen molar-refractivity contribution in [2.75, 3.05) is 26.2 Å². The summed E-state index contributed by atoms with van der Waals surface area (Å²) in [5.41, 5.74) is 2.20. The van der Waals surface area contributed by atoms with Gasteiger partial charge >= 0.3 is 0 Å². The molecule has 1 aliphatic heterocycles. The third kappa shape index (κ3) is 5.79. The average molecular weight is 370 g/mol. The lowest BCUT2D eigenvalue weighted by molar-refractivity contribution is -0.126. The minimum absolute atomic E-state index is 0.0629. The second kappa shape index (κ2) is 9.51. The SMILES string of the molecule is Cc1ccccc1OCCNC(=O)C1CCN(Cc2ccc(F)cc2)CC1. The number of benzene rings is 2. The first-order valence-electron chi connectivity index (χ1n) is 9.55. The summed E-state index contributed by atoms with van der Waals surface area (Å²) in [7, 11) is 0. The molecule has 0 bridgehead atoms. The maximum atomic E-state index is 13.0. The number of nitrogens with one attached hydrogen (secondary N) is 1. The van der Waals surface area contributed by atoms with E-state index in [4.69, 9.17) is 4.74 Å². The van der Waals surface area contributed by atoms with Gasteiger partial charge in [-0.25, -0.2) is 4.39 Å². The van der Waals surface area contributed by atoms with E-state index >= 15 is 0 Å². The van der Waals surface area contributed by atoms with Crippen LogP contribution in [0.3, 0.4) is 0 Å². The maximum Gasteiger partial charge on any atom is 0.223 e. The first-order valence-corrected chi connectivity index (χ1v) is 9.55. The van der Waals surface area contributed by atoms with E-state index < -0.39 is 0 Å².